The van der Waals surface area contributed by atoms with Crippen molar-refractivity contribution in [1.29, 1.82) is 0 Å². The first kappa shape index (κ1) is 18.9. The van der Waals surface area contributed by atoms with Crippen molar-refractivity contribution in [3.63, 3.8) is 0 Å². The molecule has 0 radical (unpaired) electrons. The summed E-state index contributed by atoms with van der Waals surface area (Å²) < 4.78 is 10.2. The maximum Gasteiger partial charge on any atom is 0.407 e. The molecule has 3 N–H and O–H groups in total. The Hall–Kier alpha value is -2.44. The molecule has 1 heterocycles. The highest BCUT2D eigenvalue weighted by Crippen LogP contribution is 2.27. The van der Waals surface area contributed by atoms with Gasteiger partial charge in [-0.3, -0.25) is 0 Å². The van der Waals surface area contributed by atoms with Crippen LogP contribution in [0.5, 0.6) is 0 Å². The number of anilines is 2. The molecule has 25 heavy (non-hydrogen) atoms. The van der Waals surface area contributed by atoms with Crippen molar-refractivity contribution in [2.24, 2.45) is 0 Å². The molecule has 138 valence electrons. The van der Waals surface area contributed by atoms with Crippen LogP contribution >= 0.6 is 0 Å². The number of carbonyl (C=O) groups is 2. The van der Waals surface area contributed by atoms with Crippen molar-refractivity contribution in [1.82, 2.24) is 5.32 Å². The summed E-state index contributed by atoms with van der Waals surface area (Å²) in [6.45, 7) is 6.87. The summed E-state index contributed by atoms with van der Waals surface area (Å²) in [6, 6.07) is 5.14. The molecule has 1 amide bonds. The number of hydrogen-bond donors (Lipinski definition) is 2. The van der Waals surface area contributed by atoms with Gasteiger partial charge in [0.15, 0.2) is 0 Å². The Morgan fingerprint density at radius 2 is 2.04 bits per heavy atom. The fourth-order valence-electron chi connectivity index (χ4n) is 2.89. The first-order valence-corrected chi connectivity index (χ1v) is 8.42. The van der Waals surface area contributed by atoms with Crippen LogP contribution in [-0.2, 0) is 9.47 Å². The number of methoxy groups -OCH3 is 1. The summed E-state index contributed by atoms with van der Waals surface area (Å²) in [5.41, 5.74) is 6.96. The van der Waals surface area contributed by atoms with Crippen LogP contribution < -0.4 is 16.0 Å². The third-order valence-corrected chi connectivity index (χ3v) is 3.91. The number of hydrogen-bond acceptors (Lipinski definition) is 6. The number of piperidine rings is 1. The van der Waals surface area contributed by atoms with Crippen molar-refractivity contribution in [3.05, 3.63) is 23.8 Å². The number of nitrogens with zero attached hydrogens (tertiary/aromatic N) is 1. The van der Waals surface area contributed by atoms with Crippen LogP contribution in [0.2, 0.25) is 0 Å². The average Bonchev–Trinajstić information content (AvgIpc) is 2.52. The minimum atomic E-state index is -0.534. The van der Waals surface area contributed by atoms with Gasteiger partial charge in [0.2, 0.25) is 0 Å². The molecule has 1 aliphatic rings. The van der Waals surface area contributed by atoms with Gasteiger partial charge in [-0.15, -0.1) is 0 Å². The van der Waals surface area contributed by atoms with E-state index in [1.165, 1.54) is 7.11 Å². The summed E-state index contributed by atoms with van der Waals surface area (Å²) in [6.07, 6.45) is 1.33. The number of ether oxygens (including phenoxy) is 2. The molecule has 0 unspecified atom stereocenters. The first-order valence-electron chi connectivity index (χ1n) is 8.42. The van der Waals surface area contributed by atoms with Crippen LogP contribution in [0, 0.1) is 0 Å². The molecule has 1 saturated heterocycles. The number of nitrogens with two attached hydrogens (primary N) is 1. The second kappa shape index (κ2) is 7.63. The lowest BCUT2D eigenvalue weighted by atomic mass is 10.0. The molecule has 1 fully saturated rings. The van der Waals surface area contributed by atoms with Crippen molar-refractivity contribution in [2.75, 3.05) is 30.8 Å². The van der Waals surface area contributed by atoms with Gasteiger partial charge >= 0.3 is 12.1 Å². The lowest BCUT2D eigenvalue weighted by Gasteiger charge is -2.35. The number of amides is 1. The molecule has 1 aromatic rings. The zero-order valence-electron chi connectivity index (χ0n) is 15.3. The van der Waals surface area contributed by atoms with E-state index in [1.807, 2.05) is 26.8 Å². The largest absolute Gasteiger partial charge is 0.465 e. The molecule has 0 spiro atoms. The first-order chi connectivity index (χ1) is 11.7. The van der Waals surface area contributed by atoms with Crippen LogP contribution in [0.3, 0.4) is 0 Å². The number of carbonyl (C=O) groups excluding carboxylic acids is 2. The van der Waals surface area contributed by atoms with E-state index in [2.05, 4.69) is 10.2 Å². The number of nitrogens with one attached hydrogen (secondary N) is 1. The van der Waals surface area contributed by atoms with Gasteiger partial charge < -0.3 is 25.4 Å². The van der Waals surface area contributed by atoms with E-state index in [-0.39, 0.29) is 6.04 Å². The molecule has 2 rings (SSSR count). The van der Waals surface area contributed by atoms with Crippen LogP contribution in [-0.4, -0.2) is 43.9 Å². The second-order valence-electron chi connectivity index (χ2n) is 7.20. The predicted molar refractivity (Wildman–Crippen MR) is 96.8 cm³/mol. The zero-order chi connectivity index (χ0) is 18.6. The molecule has 1 atom stereocenters. The maximum absolute atomic E-state index is 12.1. The minimum absolute atomic E-state index is 0.0494. The third-order valence-electron chi connectivity index (χ3n) is 3.91. The molecule has 0 aromatic heterocycles. The topological polar surface area (TPSA) is 93.9 Å². The summed E-state index contributed by atoms with van der Waals surface area (Å²) >= 11 is 0. The van der Waals surface area contributed by atoms with E-state index >= 15 is 0 Å². The summed E-state index contributed by atoms with van der Waals surface area (Å²) in [5, 5.41) is 2.91. The third kappa shape index (κ3) is 5.27. The Morgan fingerprint density at radius 1 is 1.32 bits per heavy atom. The van der Waals surface area contributed by atoms with Gasteiger partial charge in [0.05, 0.1) is 18.4 Å². The lowest BCUT2D eigenvalue weighted by molar-refractivity contribution is 0.0498. The molecule has 7 heteroatoms. The Bertz CT molecular complexity index is 640. The quantitative estimate of drug-likeness (QED) is 0.643. The van der Waals surface area contributed by atoms with Crippen LogP contribution in [0.15, 0.2) is 18.2 Å². The Morgan fingerprint density at radius 3 is 2.68 bits per heavy atom. The summed E-state index contributed by atoms with van der Waals surface area (Å²) in [5.74, 6) is -0.426. The Balaban J connectivity index is 2.11. The Labute approximate surface area is 148 Å². The fourth-order valence-corrected chi connectivity index (χ4v) is 2.89. The Kier molecular flexibility index (Phi) is 5.77. The van der Waals surface area contributed by atoms with Crippen LogP contribution in [0.25, 0.3) is 0 Å². The van der Waals surface area contributed by atoms with Crippen molar-refractivity contribution in [3.8, 4) is 0 Å². The zero-order valence-corrected chi connectivity index (χ0v) is 15.3. The van der Waals surface area contributed by atoms with E-state index in [9.17, 15) is 9.59 Å². The molecular weight excluding hydrogens is 322 g/mol. The van der Waals surface area contributed by atoms with Crippen molar-refractivity contribution >= 4 is 23.4 Å². The van der Waals surface area contributed by atoms with Gasteiger partial charge in [0.25, 0.3) is 0 Å². The average molecular weight is 349 g/mol. The van der Waals surface area contributed by atoms with Crippen LogP contribution in [0.1, 0.15) is 44.0 Å². The van der Waals surface area contributed by atoms with Crippen molar-refractivity contribution in [2.45, 2.75) is 45.3 Å². The van der Waals surface area contributed by atoms with Crippen molar-refractivity contribution < 1.29 is 19.1 Å². The van der Waals surface area contributed by atoms with Gasteiger partial charge in [-0.25, -0.2) is 9.59 Å². The normalized spacial score (nSPS) is 17.8. The highest BCUT2D eigenvalue weighted by atomic mass is 16.6. The highest BCUT2D eigenvalue weighted by Gasteiger charge is 2.26. The molecule has 1 aliphatic heterocycles. The molecule has 0 saturated carbocycles. The smallest absolute Gasteiger partial charge is 0.407 e. The molecule has 0 aliphatic carbocycles. The van der Waals surface area contributed by atoms with E-state index in [0.717, 1.165) is 25.1 Å². The van der Waals surface area contributed by atoms with Gasteiger partial charge in [-0.05, 0) is 51.8 Å². The molecule has 1 aromatic carbocycles. The fraction of sp³-hybridized carbons (Fsp3) is 0.556. The number of benzene rings is 1. The van der Waals surface area contributed by atoms with Gasteiger partial charge in [0, 0.05) is 24.8 Å². The number of esters is 1. The number of rotatable bonds is 3. The summed E-state index contributed by atoms with van der Waals surface area (Å²) in [7, 11) is 1.35. The minimum Gasteiger partial charge on any atom is -0.465 e. The van der Waals surface area contributed by atoms with Gasteiger partial charge in [-0.2, -0.15) is 0 Å². The van der Waals surface area contributed by atoms with Crippen LogP contribution in [0.4, 0.5) is 16.2 Å². The highest BCUT2D eigenvalue weighted by molar-refractivity contribution is 5.97. The van der Waals surface area contributed by atoms with E-state index in [4.69, 9.17) is 15.2 Å². The van der Waals surface area contributed by atoms with E-state index < -0.39 is 17.7 Å². The van der Waals surface area contributed by atoms with E-state index in [0.29, 0.717) is 17.8 Å². The second-order valence-corrected chi connectivity index (χ2v) is 7.20. The maximum atomic E-state index is 12.1. The number of alkyl carbamates (subject to hydrolysis) is 1. The molecule has 7 nitrogen and oxygen atoms in total. The number of nitrogen functional groups attached to an aromatic ring is 1. The monoisotopic (exact) mass is 349 g/mol. The standard InChI is InChI=1S/C18H27N3O4/c1-18(2,3)25-17(23)20-13-6-5-9-21(11-13)15-8-7-12(19)10-14(15)16(22)24-4/h7-8,10,13H,5-6,9,11,19H2,1-4H3,(H,20,23)/t13-/m1/s1. The van der Waals surface area contributed by atoms with E-state index in [1.54, 1.807) is 12.1 Å². The molecule has 0 bridgehead atoms. The van der Waals surface area contributed by atoms with Gasteiger partial charge in [0.1, 0.15) is 5.60 Å². The summed E-state index contributed by atoms with van der Waals surface area (Å²) in [4.78, 5) is 26.1. The lowest BCUT2D eigenvalue weighted by Crippen LogP contribution is -2.49. The SMILES string of the molecule is COC(=O)c1cc(N)ccc1N1CCC[C@@H](NC(=O)OC(C)(C)C)C1. The molecular formula is C18H27N3O4. The van der Waals surface area contributed by atoms with Gasteiger partial charge in [-0.1, -0.05) is 0 Å². The predicted octanol–water partition coefficient (Wildman–Crippen LogP) is 2.55.